The molecule has 2 atom stereocenters. The summed E-state index contributed by atoms with van der Waals surface area (Å²) < 4.78 is 5.65. The molecule has 0 saturated carbocycles. The summed E-state index contributed by atoms with van der Waals surface area (Å²) in [5.74, 6) is -0.345. The molecule has 0 unspecified atom stereocenters. The van der Waals surface area contributed by atoms with E-state index in [1.165, 1.54) is 0 Å². The zero-order valence-electron chi connectivity index (χ0n) is 13.1. The molecule has 110 valence electrons. The molecule has 1 rings (SSSR count). The minimum atomic E-state index is -0.345. The highest BCUT2D eigenvalue weighted by molar-refractivity contribution is 5.87. The fourth-order valence-electron chi connectivity index (χ4n) is 1.99. The first-order valence-electron chi connectivity index (χ1n) is 6.98. The van der Waals surface area contributed by atoms with Crippen LogP contribution in [0.25, 0.3) is 0 Å². The van der Waals surface area contributed by atoms with Gasteiger partial charge in [0.15, 0.2) is 0 Å². The van der Waals surface area contributed by atoms with Crippen molar-refractivity contribution in [3.63, 3.8) is 0 Å². The Morgan fingerprint density at radius 1 is 1.20 bits per heavy atom. The summed E-state index contributed by atoms with van der Waals surface area (Å²) in [6.07, 6.45) is -0.298. The zero-order chi connectivity index (χ0) is 15.3. The number of benzene rings is 1. The number of carbonyl (C=O) groups is 1. The third-order valence-corrected chi connectivity index (χ3v) is 3.61. The number of hydrogen-bond acceptors (Lipinski definition) is 3. The Morgan fingerprint density at radius 2 is 1.75 bits per heavy atom. The summed E-state index contributed by atoms with van der Waals surface area (Å²) >= 11 is 0. The second-order valence-corrected chi connectivity index (χ2v) is 5.52. The lowest BCUT2D eigenvalue weighted by Gasteiger charge is -2.34. The summed E-state index contributed by atoms with van der Waals surface area (Å²) in [7, 11) is 2.04. The number of carbonyl (C=O) groups excluding carboxylic acids is 1. The van der Waals surface area contributed by atoms with Gasteiger partial charge in [-0.3, -0.25) is 4.90 Å². The van der Waals surface area contributed by atoms with E-state index >= 15 is 0 Å². The Morgan fingerprint density at radius 3 is 2.20 bits per heavy atom. The van der Waals surface area contributed by atoms with Crippen molar-refractivity contribution in [1.29, 1.82) is 0 Å². The van der Waals surface area contributed by atoms with Gasteiger partial charge in [0.1, 0.15) is 6.10 Å². The van der Waals surface area contributed by atoms with Crippen LogP contribution in [0.2, 0.25) is 0 Å². The zero-order valence-corrected chi connectivity index (χ0v) is 13.1. The molecule has 1 aromatic carbocycles. The van der Waals surface area contributed by atoms with Crippen LogP contribution in [0.4, 0.5) is 0 Å². The van der Waals surface area contributed by atoms with Crippen LogP contribution in [0.3, 0.4) is 0 Å². The fraction of sp³-hybridized carbons (Fsp3) is 0.471. The van der Waals surface area contributed by atoms with Crippen molar-refractivity contribution >= 4 is 5.97 Å². The van der Waals surface area contributed by atoms with Gasteiger partial charge in [0, 0.05) is 17.7 Å². The molecular formula is C17H25NO2. The molecule has 0 fully saturated rings. The second-order valence-electron chi connectivity index (χ2n) is 5.52. The van der Waals surface area contributed by atoms with Crippen LogP contribution in [0.1, 0.15) is 39.4 Å². The van der Waals surface area contributed by atoms with Gasteiger partial charge in [0.2, 0.25) is 0 Å². The Balaban J connectivity index is 3.01. The standard InChI is InChI=1S/C17H25NO2/c1-12(2)17(19)20-16(14(5)18(6)13(3)4)15-10-8-7-9-11-15/h7-11,13-14,16H,1H2,2-6H3/t14-,16+/m0/s1. The maximum atomic E-state index is 11.9. The van der Waals surface area contributed by atoms with Crippen molar-refractivity contribution in [3.8, 4) is 0 Å². The van der Waals surface area contributed by atoms with Crippen molar-refractivity contribution in [3.05, 3.63) is 48.0 Å². The molecule has 3 heteroatoms. The van der Waals surface area contributed by atoms with Gasteiger partial charge >= 0.3 is 5.97 Å². The minimum absolute atomic E-state index is 0.0840. The van der Waals surface area contributed by atoms with E-state index in [1.807, 2.05) is 37.4 Å². The minimum Gasteiger partial charge on any atom is -0.452 e. The Bertz CT molecular complexity index is 453. The molecule has 3 nitrogen and oxygen atoms in total. The molecule has 1 aromatic rings. The van der Waals surface area contributed by atoms with Crippen molar-refractivity contribution in [2.24, 2.45) is 0 Å². The molecule has 0 aromatic heterocycles. The molecular weight excluding hydrogens is 250 g/mol. The third kappa shape index (κ3) is 4.20. The van der Waals surface area contributed by atoms with Crippen LogP contribution >= 0.6 is 0 Å². The first-order chi connectivity index (χ1) is 9.34. The van der Waals surface area contributed by atoms with Gasteiger partial charge in [0.05, 0.1) is 0 Å². The summed E-state index contributed by atoms with van der Waals surface area (Å²) in [6, 6.07) is 10.3. The molecule has 0 aliphatic rings. The molecule has 0 amide bonds. The predicted octanol–water partition coefficient (Wildman–Crippen LogP) is 3.58. The van der Waals surface area contributed by atoms with Gasteiger partial charge in [-0.05, 0) is 40.3 Å². The van der Waals surface area contributed by atoms with E-state index in [1.54, 1.807) is 6.92 Å². The number of likely N-dealkylation sites (N-methyl/N-ethyl adjacent to an activating group) is 1. The SMILES string of the molecule is C=C(C)C(=O)O[C@@H](c1ccccc1)[C@H](C)N(C)C(C)C. The van der Waals surface area contributed by atoms with Gasteiger partial charge in [0.25, 0.3) is 0 Å². The second kappa shape index (κ2) is 7.25. The molecule has 0 aliphatic heterocycles. The van der Waals surface area contributed by atoms with Crippen LogP contribution in [0.15, 0.2) is 42.5 Å². The van der Waals surface area contributed by atoms with Crippen LogP contribution < -0.4 is 0 Å². The van der Waals surface area contributed by atoms with Gasteiger partial charge in [-0.2, -0.15) is 0 Å². The lowest BCUT2D eigenvalue weighted by molar-refractivity contribution is -0.148. The van der Waals surface area contributed by atoms with Crippen LogP contribution in [-0.4, -0.2) is 30.0 Å². The lowest BCUT2D eigenvalue weighted by atomic mass is 10.0. The fourth-order valence-corrected chi connectivity index (χ4v) is 1.99. The summed E-state index contributed by atoms with van der Waals surface area (Å²) in [5, 5.41) is 0. The van der Waals surface area contributed by atoms with Crippen molar-refractivity contribution < 1.29 is 9.53 Å². The van der Waals surface area contributed by atoms with E-state index in [-0.39, 0.29) is 18.1 Å². The highest BCUT2D eigenvalue weighted by atomic mass is 16.5. The van der Waals surface area contributed by atoms with Gasteiger partial charge in [-0.25, -0.2) is 4.79 Å². The molecule has 0 saturated heterocycles. The summed E-state index contributed by atoms with van der Waals surface area (Å²) in [5.41, 5.74) is 1.42. The van der Waals surface area contributed by atoms with Gasteiger partial charge < -0.3 is 4.74 Å². The normalized spacial score (nSPS) is 14.2. The van der Waals surface area contributed by atoms with Crippen LogP contribution in [-0.2, 0) is 9.53 Å². The number of rotatable bonds is 6. The molecule has 0 heterocycles. The third-order valence-electron chi connectivity index (χ3n) is 3.61. The summed E-state index contributed by atoms with van der Waals surface area (Å²) in [6.45, 7) is 11.6. The van der Waals surface area contributed by atoms with Gasteiger partial charge in [-0.1, -0.05) is 36.9 Å². The topological polar surface area (TPSA) is 29.5 Å². The first-order valence-corrected chi connectivity index (χ1v) is 6.98. The maximum absolute atomic E-state index is 11.9. The van der Waals surface area contributed by atoms with E-state index in [2.05, 4.69) is 32.3 Å². The Labute approximate surface area is 122 Å². The number of hydrogen-bond donors (Lipinski definition) is 0. The molecule has 0 spiro atoms. The average Bonchev–Trinajstić information content (AvgIpc) is 2.43. The van der Waals surface area contributed by atoms with Crippen molar-refractivity contribution in [1.82, 2.24) is 4.90 Å². The predicted molar refractivity (Wildman–Crippen MR) is 82.5 cm³/mol. The van der Waals surface area contributed by atoms with Crippen LogP contribution in [0.5, 0.6) is 0 Å². The van der Waals surface area contributed by atoms with E-state index < -0.39 is 0 Å². The monoisotopic (exact) mass is 275 g/mol. The summed E-state index contributed by atoms with van der Waals surface area (Å²) in [4.78, 5) is 14.1. The quantitative estimate of drug-likeness (QED) is 0.587. The molecule has 0 aliphatic carbocycles. The van der Waals surface area contributed by atoms with E-state index in [0.717, 1.165) is 5.56 Å². The Hall–Kier alpha value is -1.61. The number of ether oxygens (including phenoxy) is 1. The highest BCUT2D eigenvalue weighted by Crippen LogP contribution is 2.26. The number of esters is 1. The maximum Gasteiger partial charge on any atom is 0.333 e. The molecule has 20 heavy (non-hydrogen) atoms. The lowest BCUT2D eigenvalue weighted by Crippen LogP contribution is -2.40. The highest BCUT2D eigenvalue weighted by Gasteiger charge is 2.27. The van der Waals surface area contributed by atoms with Gasteiger partial charge in [-0.15, -0.1) is 0 Å². The van der Waals surface area contributed by atoms with E-state index in [4.69, 9.17) is 4.74 Å². The first kappa shape index (κ1) is 16.4. The number of nitrogens with zero attached hydrogens (tertiary/aromatic N) is 1. The van der Waals surface area contributed by atoms with Crippen LogP contribution in [0, 0.1) is 0 Å². The largest absolute Gasteiger partial charge is 0.452 e. The Kier molecular flexibility index (Phi) is 5.96. The van der Waals surface area contributed by atoms with Crippen molar-refractivity contribution in [2.45, 2.75) is 45.9 Å². The van der Waals surface area contributed by atoms with E-state index in [9.17, 15) is 4.79 Å². The molecule has 0 radical (unpaired) electrons. The van der Waals surface area contributed by atoms with Crippen molar-refractivity contribution in [2.75, 3.05) is 7.05 Å². The molecule has 0 bridgehead atoms. The van der Waals surface area contributed by atoms with E-state index in [0.29, 0.717) is 11.6 Å². The smallest absolute Gasteiger partial charge is 0.333 e. The average molecular weight is 275 g/mol. The molecule has 0 N–H and O–H groups in total.